The number of pyridine rings is 1. The zero-order valence-corrected chi connectivity index (χ0v) is 15.4. The van der Waals surface area contributed by atoms with Gasteiger partial charge in [0.2, 0.25) is 5.88 Å². The molecule has 0 saturated heterocycles. The highest BCUT2D eigenvalue weighted by atomic mass is 79.9. The van der Waals surface area contributed by atoms with E-state index >= 15 is 0 Å². The molecule has 2 rings (SSSR count). The molecular formula is C16H22BrN3O3. The van der Waals surface area contributed by atoms with Gasteiger partial charge in [0, 0.05) is 18.5 Å². The average Bonchev–Trinajstić information content (AvgIpc) is 3.01. The molecule has 0 saturated carbocycles. The smallest absolute Gasteiger partial charge is 0.308 e. The van der Waals surface area contributed by atoms with Crippen molar-refractivity contribution in [3.05, 3.63) is 40.8 Å². The van der Waals surface area contributed by atoms with Gasteiger partial charge in [-0.1, -0.05) is 13.8 Å². The molecule has 126 valence electrons. The lowest BCUT2D eigenvalue weighted by Crippen LogP contribution is -2.18. The number of carbonyl (C=O) groups is 1. The SMILES string of the molecule is CC.CCOC(=O)CC(c1ccc(OC)nc1)n1ccc(Br)n1. The Bertz CT molecular complexity index is 599. The standard InChI is InChI=1S/C14H16BrN3O3.C2H6/c1-3-21-14(19)8-11(18-7-6-12(15)17-18)10-4-5-13(20-2)16-9-10;1-2/h4-7,9,11H,3,8H2,1-2H3;1-2H3. The second kappa shape index (κ2) is 9.99. The number of esters is 1. The number of hydrogen-bond donors (Lipinski definition) is 0. The average molecular weight is 384 g/mol. The van der Waals surface area contributed by atoms with Crippen LogP contribution in [0.3, 0.4) is 0 Å². The van der Waals surface area contributed by atoms with E-state index in [1.807, 2.05) is 26.0 Å². The number of methoxy groups -OCH3 is 1. The summed E-state index contributed by atoms with van der Waals surface area (Å²) >= 11 is 3.31. The van der Waals surface area contributed by atoms with Gasteiger partial charge in [-0.05, 0) is 40.5 Å². The second-order valence-electron chi connectivity index (χ2n) is 4.28. The van der Waals surface area contributed by atoms with Crippen molar-refractivity contribution in [2.24, 2.45) is 0 Å². The molecule has 0 N–H and O–H groups in total. The van der Waals surface area contributed by atoms with Crippen molar-refractivity contribution in [2.75, 3.05) is 13.7 Å². The van der Waals surface area contributed by atoms with E-state index in [9.17, 15) is 4.79 Å². The molecule has 1 unspecified atom stereocenters. The van der Waals surface area contributed by atoms with Gasteiger partial charge in [-0.2, -0.15) is 5.10 Å². The molecule has 2 aromatic heterocycles. The van der Waals surface area contributed by atoms with E-state index in [1.165, 1.54) is 0 Å². The lowest BCUT2D eigenvalue weighted by Gasteiger charge is -2.17. The molecule has 0 spiro atoms. The minimum atomic E-state index is -0.273. The number of rotatable bonds is 6. The highest BCUT2D eigenvalue weighted by molar-refractivity contribution is 9.10. The molecule has 0 radical (unpaired) electrons. The van der Waals surface area contributed by atoms with E-state index < -0.39 is 0 Å². The molecule has 2 aromatic rings. The summed E-state index contributed by atoms with van der Waals surface area (Å²) in [5, 5.41) is 4.31. The first-order valence-corrected chi connectivity index (χ1v) is 8.29. The summed E-state index contributed by atoms with van der Waals surface area (Å²) in [6.07, 6.45) is 3.67. The van der Waals surface area contributed by atoms with Gasteiger partial charge in [-0.25, -0.2) is 4.98 Å². The van der Waals surface area contributed by atoms with Gasteiger partial charge < -0.3 is 9.47 Å². The largest absolute Gasteiger partial charge is 0.481 e. The summed E-state index contributed by atoms with van der Waals surface area (Å²) in [4.78, 5) is 16.0. The Labute approximate surface area is 144 Å². The van der Waals surface area contributed by atoms with Crippen molar-refractivity contribution in [2.45, 2.75) is 33.2 Å². The zero-order valence-electron chi connectivity index (χ0n) is 13.8. The molecule has 0 fully saturated rings. The molecule has 2 heterocycles. The van der Waals surface area contributed by atoms with Gasteiger partial charge in [0.25, 0.3) is 0 Å². The number of nitrogens with zero attached hydrogens (tertiary/aromatic N) is 3. The maximum absolute atomic E-state index is 11.8. The van der Waals surface area contributed by atoms with Crippen LogP contribution in [0.2, 0.25) is 0 Å². The first-order valence-electron chi connectivity index (χ1n) is 7.50. The van der Waals surface area contributed by atoms with E-state index in [2.05, 4.69) is 26.0 Å². The van der Waals surface area contributed by atoms with E-state index in [0.29, 0.717) is 17.1 Å². The van der Waals surface area contributed by atoms with Crippen LogP contribution >= 0.6 is 15.9 Å². The normalized spacial score (nSPS) is 11.2. The molecule has 1 atom stereocenters. The monoisotopic (exact) mass is 383 g/mol. The van der Waals surface area contributed by atoms with Gasteiger partial charge in [-0.15, -0.1) is 0 Å². The fourth-order valence-corrected chi connectivity index (χ4v) is 2.24. The molecule has 7 heteroatoms. The third-order valence-electron chi connectivity index (χ3n) is 2.91. The number of ether oxygens (including phenoxy) is 2. The van der Waals surface area contributed by atoms with E-state index in [4.69, 9.17) is 9.47 Å². The fourth-order valence-electron chi connectivity index (χ4n) is 1.94. The maximum Gasteiger partial charge on any atom is 0.308 e. The quantitative estimate of drug-likeness (QED) is 0.712. The molecule has 0 aliphatic heterocycles. The maximum atomic E-state index is 11.8. The minimum absolute atomic E-state index is 0.190. The summed E-state index contributed by atoms with van der Waals surface area (Å²) in [5.74, 6) is 0.250. The molecule has 0 aliphatic rings. The van der Waals surface area contributed by atoms with Crippen LogP contribution in [0.25, 0.3) is 0 Å². The van der Waals surface area contributed by atoms with Gasteiger partial charge in [0.1, 0.15) is 4.60 Å². The first-order chi connectivity index (χ1) is 11.1. The minimum Gasteiger partial charge on any atom is -0.481 e. The summed E-state index contributed by atoms with van der Waals surface area (Å²) in [6, 6.07) is 5.17. The molecule has 0 bridgehead atoms. The van der Waals surface area contributed by atoms with Crippen LogP contribution in [0.4, 0.5) is 0 Å². The van der Waals surface area contributed by atoms with Crippen molar-refractivity contribution in [3.8, 4) is 5.88 Å². The lowest BCUT2D eigenvalue weighted by atomic mass is 10.1. The Morgan fingerprint density at radius 3 is 2.57 bits per heavy atom. The first kappa shape index (κ1) is 19.2. The van der Waals surface area contributed by atoms with Crippen LogP contribution in [0.1, 0.15) is 38.8 Å². The topological polar surface area (TPSA) is 66.2 Å². The summed E-state index contributed by atoms with van der Waals surface area (Å²) in [7, 11) is 1.56. The van der Waals surface area contributed by atoms with Crippen LogP contribution in [0.15, 0.2) is 35.2 Å². The van der Waals surface area contributed by atoms with Gasteiger partial charge in [0.05, 0.1) is 26.2 Å². The van der Waals surface area contributed by atoms with Gasteiger partial charge >= 0.3 is 5.97 Å². The zero-order chi connectivity index (χ0) is 17.2. The van der Waals surface area contributed by atoms with Crippen LogP contribution in [-0.2, 0) is 9.53 Å². The fraction of sp³-hybridized carbons (Fsp3) is 0.438. The van der Waals surface area contributed by atoms with Crippen LogP contribution in [-0.4, -0.2) is 34.5 Å². The van der Waals surface area contributed by atoms with Crippen LogP contribution in [0, 0.1) is 0 Å². The Morgan fingerprint density at radius 2 is 2.09 bits per heavy atom. The Kier molecular flexibility index (Phi) is 8.32. The summed E-state index contributed by atoms with van der Waals surface area (Å²) < 4.78 is 12.5. The number of carbonyl (C=O) groups excluding carboxylic acids is 1. The Hall–Kier alpha value is -1.89. The van der Waals surface area contributed by atoms with Crippen molar-refractivity contribution >= 4 is 21.9 Å². The molecule has 0 aliphatic carbocycles. The third kappa shape index (κ3) is 5.67. The van der Waals surface area contributed by atoms with Crippen molar-refractivity contribution in [1.82, 2.24) is 14.8 Å². The molecule has 0 amide bonds. The number of halogens is 1. The lowest BCUT2D eigenvalue weighted by molar-refractivity contribution is -0.143. The van der Waals surface area contributed by atoms with Crippen molar-refractivity contribution < 1.29 is 14.3 Å². The molecule has 0 aromatic carbocycles. The highest BCUT2D eigenvalue weighted by Crippen LogP contribution is 2.24. The summed E-state index contributed by atoms with van der Waals surface area (Å²) in [6.45, 7) is 6.14. The predicted molar refractivity (Wildman–Crippen MR) is 91.5 cm³/mol. The number of hydrogen-bond acceptors (Lipinski definition) is 5. The van der Waals surface area contributed by atoms with Gasteiger partial charge in [-0.3, -0.25) is 9.48 Å². The highest BCUT2D eigenvalue weighted by Gasteiger charge is 2.20. The van der Waals surface area contributed by atoms with Gasteiger partial charge in [0.15, 0.2) is 0 Å². The van der Waals surface area contributed by atoms with Crippen LogP contribution in [0.5, 0.6) is 5.88 Å². The second-order valence-corrected chi connectivity index (χ2v) is 5.09. The van der Waals surface area contributed by atoms with E-state index in [0.717, 1.165) is 5.56 Å². The van der Waals surface area contributed by atoms with Crippen molar-refractivity contribution in [3.63, 3.8) is 0 Å². The van der Waals surface area contributed by atoms with Crippen LogP contribution < -0.4 is 4.74 Å². The molecule has 6 nitrogen and oxygen atoms in total. The molecular weight excluding hydrogens is 362 g/mol. The predicted octanol–water partition coefficient (Wildman–Crippen LogP) is 3.62. The van der Waals surface area contributed by atoms with Crippen molar-refractivity contribution in [1.29, 1.82) is 0 Å². The van der Waals surface area contributed by atoms with E-state index in [-0.39, 0.29) is 18.4 Å². The molecule has 23 heavy (non-hydrogen) atoms. The Balaban J connectivity index is 0.00000127. The summed E-state index contributed by atoms with van der Waals surface area (Å²) in [5.41, 5.74) is 0.861. The number of aromatic nitrogens is 3. The van der Waals surface area contributed by atoms with E-state index in [1.54, 1.807) is 37.2 Å². The Morgan fingerprint density at radius 1 is 1.35 bits per heavy atom. The third-order valence-corrected chi connectivity index (χ3v) is 3.34.